The summed E-state index contributed by atoms with van der Waals surface area (Å²) < 4.78 is 22.2. The van der Waals surface area contributed by atoms with Crippen LogP contribution in [0.3, 0.4) is 0 Å². The number of aromatic nitrogens is 4. The van der Waals surface area contributed by atoms with Gasteiger partial charge in [-0.25, -0.2) is 9.37 Å². The number of carbonyl (C=O) groups is 1. The molecule has 1 amide bonds. The highest BCUT2D eigenvalue weighted by atomic mass is 19.1. The molecule has 2 fully saturated rings. The molecule has 39 heavy (non-hydrogen) atoms. The zero-order valence-electron chi connectivity index (χ0n) is 22.4. The monoisotopic (exact) mass is 532 g/mol. The van der Waals surface area contributed by atoms with Crippen molar-refractivity contribution in [1.29, 1.82) is 0 Å². The Kier molecular flexibility index (Phi) is 6.78. The lowest BCUT2D eigenvalue weighted by molar-refractivity contribution is 0.102. The Labute approximate surface area is 225 Å². The number of nitrogens with one attached hydrogen (secondary N) is 3. The Hall–Kier alpha value is -3.83. The van der Waals surface area contributed by atoms with Crippen molar-refractivity contribution in [1.82, 2.24) is 30.4 Å². The lowest BCUT2D eigenvalue weighted by Crippen LogP contribution is -2.54. The van der Waals surface area contributed by atoms with Gasteiger partial charge in [0.15, 0.2) is 5.82 Å². The SMILES string of the molecule is C[C@@H]1CN(c2ccc(C(=O)Nc3cc(F)c4nn(C)cc4c3)c3nc(OC[C@H]4CCNC4)ncc23)C[C@H](C)N1. The number of rotatable bonds is 6. The number of carbonyl (C=O) groups excluding carboxylic acids is 1. The van der Waals surface area contributed by atoms with Crippen molar-refractivity contribution >= 4 is 39.1 Å². The predicted molar refractivity (Wildman–Crippen MR) is 149 cm³/mol. The third-order valence-electron chi connectivity index (χ3n) is 7.39. The molecule has 2 aliphatic rings. The third kappa shape index (κ3) is 5.24. The number of piperazine rings is 1. The lowest BCUT2D eigenvalue weighted by atomic mass is 10.0. The zero-order chi connectivity index (χ0) is 27.1. The van der Waals surface area contributed by atoms with Gasteiger partial charge in [0.05, 0.1) is 17.7 Å². The number of hydrogen-bond acceptors (Lipinski definition) is 8. The van der Waals surface area contributed by atoms with E-state index in [4.69, 9.17) is 9.72 Å². The highest BCUT2D eigenvalue weighted by Crippen LogP contribution is 2.31. The van der Waals surface area contributed by atoms with Gasteiger partial charge in [-0.3, -0.25) is 9.48 Å². The first-order valence-electron chi connectivity index (χ1n) is 13.4. The fourth-order valence-corrected chi connectivity index (χ4v) is 5.67. The summed E-state index contributed by atoms with van der Waals surface area (Å²) in [5, 5.41) is 15.3. The summed E-state index contributed by atoms with van der Waals surface area (Å²) >= 11 is 0. The molecule has 11 heteroatoms. The Bertz CT molecular complexity index is 1520. The Morgan fingerprint density at radius 2 is 2.03 bits per heavy atom. The van der Waals surface area contributed by atoms with Crippen molar-refractivity contribution in [2.24, 2.45) is 13.0 Å². The molecule has 0 saturated carbocycles. The van der Waals surface area contributed by atoms with Gasteiger partial charge in [0.2, 0.25) is 0 Å². The van der Waals surface area contributed by atoms with E-state index in [1.54, 1.807) is 36.3 Å². The van der Waals surface area contributed by atoms with Crippen LogP contribution in [0.1, 0.15) is 30.6 Å². The number of aryl methyl sites for hydroxylation is 1. The van der Waals surface area contributed by atoms with Crippen LogP contribution in [0.5, 0.6) is 6.01 Å². The van der Waals surface area contributed by atoms with Gasteiger partial charge in [-0.2, -0.15) is 10.1 Å². The first kappa shape index (κ1) is 25.4. The van der Waals surface area contributed by atoms with Crippen LogP contribution in [-0.2, 0) is 7.05 Å². The topological polar surface area (TPSA) is 109 Å². The van der Waals surface area contributed by atoms with Crippen molar-refractivity contribution < 1.29 is 13.9 Å². The fraction of sp³-hybridized carbons (Fsp3) is 0.429. The van der Waals surface area contributed by atoms with Crippen molar-refractivity contribution in [3.8, 4) is 6.01 Å². The first-order chi connectivity index (χ1) is 18.8. The largest absolute Gasteiger partial charge is 0.463 e. The zero-order valence-corrected chi connectivity index (χ0v) is 22.4. The first-order valence-corrected chi connectivity index (χ1v) is 13.4. The summed E-state index contributed by atoms with van der Waals surface area (Å²) in [6.45, 7) is 8.35. The molecule has 4 aromatic rings. The number of hydrogen-bond donors (Lipinski definition) is 3. The number of benzene rings is 2. The van der Waals surface area contributed by atoms with E-state index in [1.807, 2.05) is 6.07 Å². The van der Waals surface area contributed by atoms with Crippen LogP contribution in [0.4, 0.5) is 15.8 Å². The van der Waals surface area contributed by atoms with Crippen molar-refractivity contribution in [3.63, 3.8) is 0 Å². The van der Waals surface area contributed by atoms with E-state index in [9.17, 15) is 9.18 Å². The average Bonchev–Trinajstić information content (AvgIpc) is 3.55. The second-order valence-electron chi connectivity index (χ2n) is 10.7. The van der Waals surface area contributed by atoms with Crippen LogP contribution < -0.4 is 25.6 Å². The van der Waals surface area contributed by atoms with Gasteiger partial charge >= 0.3 is 6.01 Å². The molecule has 0 bridgehead atoms. The second kappa shape index (κ2) is 10.4. The summed E-state index contributed by atoms with van der Waals surface area (Å²) in [4.78, 5) is 25.1. The molecule has 10 nitrogen and oxygen atoms in total. The lowest BCUT2D eigenvalue weighted by Gasteiger charge is -2.38. The number of nitrogens with zero attached hydrogens (tertiary/aromatic N) is 5. The number of halogens is 1. The Morgan fingerprint density at radius 1 is 1.21 bits per heavy atom. The number of fused-ring (bicyclic) bond motifs is 2. The second-order valence-corrected chi connectivity index (χ2v) is 10.7. The molecule has 6 rings (SSSR count). The van der Waals surface area contributed by atoms with Gasteiger partial charge in [0.25, 0.3) is 5.91 Å². The molecule has 4 heterocycles. The minimum atomic E-state index is -0.495. The summed E-state index contributed by atoms with van der Waals surface area (Å²) in [6, 6.07) is 7.59. The van der Waals surface area contributed by atoms with E-state index < -0.39 is 5.82 Å². The average molecular weight is 533 g/mol. The molecule has 2 aromatic heterocycles. The van der Waals surface area contributed by atoms with Crippen molar-refractivity contribution in [2.75, 3.05) is 43.0 Å². The number of amides is 1. The van der Waals surface area contributed by atoms with E-state index in [0.29, 0.717) is 46.8 Å². The van der Waals surface area contributed by atoms with Crippen molar-refractivity contribution in [2.45, 2.75) is 32.4 Å². The summed E-state index contributed by atoms with van der Waals surface area (Å²) in [6.07, 6.45) is 4.50. The Morgan fingerprint density at radius 3 is 2.79 bits per heavy atom. The van der Waals surface area contributed by atoms with Crippen LogP contribution in [-0.4, -0.2) is 70.5 Å². The maximum absolute atomic E-state index is 14.7. The van der Waals surface area contributed by atoms with Gasteiger partial charge < -0.3 is 25.6 Å². The molecule has 0 spiro atoms. The van der Waals surface area contributed by atoms with Crippen LogP contribution in [0, 0.1) is 11.7 Å². The number of anilines is 2. The van der Waals surface area contributed by atoms with Gasteiger partial charge in [0, 0.05) is 79.2 Å². The summed E-state index contributed by atoms with van der Waals surface area (Å²) in [5.41, 5.74) is 2.44. The van der Waals surface area contributed by atoms with E-state index in [2.05, 4.69) is 44.8 Å². The molecule has 2 aromatic carbocycles. The molecule has 0 radical (unpaired) electrons. The van der Waals surface area contributed by atoms with Gasteiger partial charge in [-0.1, -0.05) is 0 Å². The van der Waals surface area contributed by atoms with E-state index in [-0.39, 0.29) is 17.4 Å². The minimum absolute atomic E-state index is 0.241. The maximum Gasteiger partial charge on any atom is 0.316 e. The van der Waals surface area contributed by atoms with E-state index in [1.165, 1.54) is 6.07 Å². The van der Waals surface area contributed by atoms with Crippen LogP contribution in [0.2, 0.25) is 0 Å². The highest BCUT2D eigenvalue weighted by molar-refractivity contribution is 6.14. The molecule has 0 unspecified atom stereocenters. The van der Waals surface area contributed by atoms with Crippen LogP contribution in [0.15, 0.2) is 36.7 Å². The van der Waals surface area contributed by atoms with Gasteiger partial charge in [-0.15, -0.1) is 0 Å². The standard InChI is InChI=1S/C28H33FN8O2/c1-16-12-37(13-17(2)32-16)24-5-4-21(26-22(24)11-31-28(34-26)39-15-18-6-7-30-10-18)27(38)33-20-8-19-14-36(3)35-25(19)23(29)9-20/h4-5,8-9,11,14,16-18,30,32H,6-7,10,12-13,15H2,1-3H3,(H,33,38)/t16-,17+,18-/m0/s1. The maximum atomic E-state index is 14.7. The molecule has 204 valence electrons. The third-order valence-corrected chi connectivity index (χ3v) is 7.39. The summed E-state index contributed by atoms with van der Waals surface area (Å²) in [5.74, 6) is -0.481. The van der Waals surface area contributed by atoms with Crippen LogP contribution in [0.25, 0.3) is 21.8 Å². The minimum Gasteiger partial charge on any atom is -0.463 e. The van der Waals surface area contributed by atoms with Crippen molar-refractivity contribution in [3.05, 3.63) is 48.0 Å². The van der Waals surface area contributed by atoms with E-state index in [0.717, 1.165) is 43.7 Å². The number of ether oxygens (including phenoxy) is 1. The molecule has 2 aliphatic heterocycles. The van der Waals surface area contributed by atoms with Crippen LogP contribution >= 0.6 is 0 Å². The molecule has 2 saturated heterocycles. The summed E-state index contributed by atoms with van der Waals surface area (Å²) in [7, 11) is 1.73. The highest BCUT2D eigenvalue weighted by Gasteiger charge is 2.25. The quantitative estimate of drug-likeness (QED) is 0.348. The molecular weight excluding hydrogens is 499 g/mol. The Balaban J connectivity index is 1.36. The smallest absolute Gasteiger partial charge is 0.316 e. The van der Waals surface area contributed by atoms with E-state index >= 15 is 0 Å². The normalized spacial score (nSPS) is 21.5. The van der Waals surface area contributed by atoms with Gasteiger partial charge in [-0.05, 0) is 51.1 Å². The fourth-order valence-electron chi connectivity index (χ4n) is 5.67. The predicted octanol–water partition coefficient (Wildman–Crippen LogP) is 3.08. The molecule has 3 N–H and O–H groups in total. The van der Waals surface area contributed by atoms with Gasteiger partial charge in [0.1, 0.15) is 5.52 Å². The molecule has 3 atom stereocenters. The molecular formula is C28H33FN8O2. The molecule has 0 aliphatic carbocycles.